The lowest BCUT2D eigenvalue weighted by Gasteiger charge is -2.44. The first kappa shape index (κ1) is 10.8. The van der Waals surface area contributed by atoms with E-state index in [4.69, 9.17) is 11.5 Å². The lowest BCUT2D eigenvalue weighted by atomic mass is 9.95. The molecule has 5 heteroatoms. The topological polar surface area (TPSA) is 92.6 Å². The van der Waals surface area contributed by atoms with Gasteiger partial charge in [0.1, 0.15) is 0 Å². The van der Waals surface area contributed by atoms with Crippen molar-refractivity contribution in [3.05, 3.63) is 23.8 Å². The summed E-state index contributed by atoms with van der Waals surface area (Å²) in [5.74, 6) is -0.163. The lowest BCUT2D eigenvalue weighted by molar-refractivity contribution is -0.0668. The Labute approximate surface area is 93.6 Å². The number of nitrogens with two attached hydrogens (primary N) is 2. The summed E-state index contributed by atoms with van der Waals surface area (Å²) in [4.78, 5) is 13.5. The van der Waals surface area contributed by atoms with Gasteiger partial charge < -0.3 is 21.5 Å². The van der Waals surface area contributed by atoms with Crippen LogP contribution in [0, 0.1) is 0 Å². The predicted molar refractivity (Wildman–Crippen MR) is 61.8 cm³/mol. The Hall–Kier alpha value is -1.75. The highest BCUT2D eigenvalue weighted by atomic mass is 16.3. The Balaban J connectivity index is 2.16. The first-order valence-corrected chi connectivity index (χ1v) is 5.06. The van der Waals surface area contributed by atoms with E-state index >= 15 is 0 Å². The minimum Gasteiger partial charge on any atom is -0.399 e. The summed E-state index contributed by atoms with van der Waals surface area (Å²) in [5, 5.41) is 9.55. The van der Waals surface area contributed by atoms with Gasteiger partial charge in [0.25, 0.3) is 5.91 Å². The standard InChI is InChI=1S/C11H15N3O2/c1-11(16)5-14(6-11)10(15)8-3-2-7(12)4-9(8)13/h2-4,16H,5-6,12-13H2,1H3. The maximum Gasteiger partial charge on any atom is 0.256 e. The van der Waals surface area contributed by atoms with Gasteiger partial charge in [-0.1, -0.05) is 0 Å². The van der Waals surface area contributed by atoms with E-state index in [2.05, 4.69) is 0 Å². The van der Waals surface area contributed by atoms with Crippen molar-refractivity contribution in [1.82, 2.24) is 4.90 Å². The maximum atomic E-state index is 11.9. The zero-order chi connectivity index (χ0) is 11.9. The molecule has 1 saturated heterocycles. The van der Waals surface area contributed by atoms with Crippen LogP contribution in [0.2, 0.25) is 0 Å². The van der Waals surface area contributed by atoms with Crippen LogP contribution in [0.3, 0.4) is 0 Å². The number of likely N-dealkylation sites (tertiary alicyclic amines) is 1. The Morgan fingerprint density at radius 1 is 1.44 bits per heavy atom. The number of rotatable bonds is 1. The number of anilines is 2. The van der Waals surface area contributed by atoms with E-state index in [1.807, 2.05) is 0 Å². The molecular formula is C11H15N3O2. The molecule has 1 heterocycles. The van der Waals surface area contributed by atoms with E-state index < -0.39 is 5.60 Å². The maximum absolute atomic E-state index is 11.9. The average molecular weight is 221 g/mol. The second-order valence-electron chi connectivity index (χ2n) is 4.50. The average Bonchev–Trinajstić information content (AvgIpc) is 2.13. The summed E-state index contributed by atoms with van der Waals surface area (Å²) in [5.41, 5.74) is 11.8. The molecule has 0 aliphatic carbocycles. The summed E-state index contributed by atoms with van der Waals surface area (Å²) in [6, 6.07) is 4.81. The molecule has 86 valence electrons. The number of hydrogen-bond donors (Lipinski definition) is 3. The van der Waals surface area contributed by atoms with Gasteiger partial charge in [0.15, 0.2) is 0 Å². The van der Waals surface area contributed by atoms with E-state index in [0.29, 0.717) is 30.0 Å². The Morgan fingerprint density at radius 3 is 2.56 bits per heavy atom. The summed E-state index contributed by atoms with van der Waals surface area (Å²) in [6.45, 7) is 2.38. The number of carbonyl (C=O) groups is 1. The summed E-state index contributed by atoms with van der Waals surface area (Å²) >= 11 is 0. The van der Waals surface area contributed by atoms with Gasteiger partial charge in [-0.2, -0.15) is 0 Å². The first-order valence-electron chi connectivity index (χ1n) is 5.06. The number of amides is 1. The van der Waals surface area contributed by atoms with Gasteiger partial charge in [-0.3, -0.25) is 4.79 Å². The molecule has 16 heavy (non-hydrogen) atoms. The number of nitrogens with zero attached hydrogens (tertiary/aromatic N) is 1. The van der Waals surface area contributed by atoms with Crippen LogP contribution in [0.25, 0.3) is 0 Å². The van der Waals surface area contributed by atoms with Crippen LogP contribution in [0.15, 0.2) is 18.2 Å². The molecule has 1 aromatic rings. The van der Waals surface area contributed by atoms with E-state index in [1.54, 1.807) is 30.0 Å². The molecule has 0 bridgehead atoms. The molecule has 5 nitrogen and oxygen atoms in total. The van der Waals surface area contributed by atoms with Crippen LogP contribution in [-0.2, 0) is 0 Å². The summed E-state index contributed by atoms with van der Waals surface area (Å²) in [6.07, 6.45) is 0. The van der Waals surface area contributed by atoms with Gasteiger partial charge in [0.2, 0.25) is 0 Å². The number of benzene rings is 1. The van der Waals surface area contributed by atoms with Crippen LogP contribution in [0.1, 0.15) is 17.3 Å². The quantitative estimate of drug-likeness (QED) is 0.584. The summed E-state index contributed by atoms with van der Waals surface area (Å²) in [7, 11) is 0. The Kier molecular flexibility index (Phi) is 2.27. The number of carbonyl (C=O) groups excluding carboxylic acids is 1. The molecule has 0 spiro atoms. The molecule has 2 rings (SSSR count). The van der Waals surface area contributed by atoms with Crippen molar-refractivity contribution in [2.75, 3.05) is 24.6 Å². The van der Waals surface area contributed by atoms with Gasteiger partial charge in [-0.25, -0.2) is 0 Å². The Bertz CT molecular complexity index is 435. The van der Waals surface area contributed by atoms with Crippen LogP contribution >= 0.6 is 0 Å². The predicted octanol–water partition coefficient (Wildman–Crippen LogP) is 0.0578. The van der Waals surface area contributed by atoms with Gasteiger partial charge in [-0.05, 0) is 25.1 Å². The van der Waals surface area contributed by atoms with Gasteiger partial charge >= 0.3 is 0 Å². The van der Waals surface area contributed by atoms with Crippen molar-refractivity contribution in [2.24, 2.45) is 0 Å². The van der Waals surface area contributed by atoms with Crippen molar-refractivity contribution in [3.8, 4) is 0 Å². The third-order valence-corrected chi connectivity index (χ3v) is 2.66. The monoisotopic (exact) mass is 221 g/mol. The van der Waals surface area contributed by atoms with E-state index in [1.165, 1.54) is 0 Å². The van der Waals surface area contributed by atoms with Crippen molar-refractivity contribution >= 4 is 17.3 Å². The minimum absolute atomic E-state index is 0.163. The fraction of sp³-hybridized carbons (Fsp3) is 0.364. The second-order valence-corrected chi connectivity index (χ2v) is 4.50. The van der Waals surface area contributed by atoms with Crippen molar-refractivity contribution in [3.63, 3.8) is 0 Å². The molecular weight excluding hydrogens is 206 g/mol. The molecule has 0 aromatic heterocycles. The molecule has 1 aliphatic heterocycles. The lowest BCUT2D eigenvalue weighted by Crippen LogP contribution is -2.61. The van der Waals surface area contributed by atoms with Crippen molar-refractivity contribution < 1.29 is 9.90 Å². The van der Waals surface area contributed by atoms with Gasteiger partial charge in [-0.15, -0.1) is 0 Å². The van der Waals surface area contributed by atoms with E-state index in [9.17, 15) is 9.90 Å². The molecule has 1 aliphatic rings. The Morgan fingerprint density at radius 2 is 2.06 bits per heavy atom. The first-order chi connectivity index (χ1) is 7.39. The molecule has 0 atom stereocenters. The van der Waals surface area contributed by atoms with Gasteiger partial charge in [0.05, 0.1) is 24.3 Å². The molecule has 1 aromatic carbocycles. The highest BCUT2D eigenvalue weighted by molar-refractivity contribution is 6.00. The molecule has 0 radical (unpaired) electrons. The van der Waals surface area contributed by atoms with Crippen molar-refractivity contribution in [2.45, 2.75) is 12.5 Å². The van der Waals surface area contributed by atoms with Crippen LogP contribution < -0.4 is 11.5 Å². The zero-order valence-corrected chi connectivity index (χ0v) is 9.10. The van der Waals surface area contributed by atoms with Crippen LogP contribution in [-0.4, -0.2) is 34.6 Å². The zero-order valence-electron chi connectivity index (χ0n) is 9.10. The van der Waals surface area contributed by atoms with Gasteiger partial charge in [0, 0.05) is 11.4 Å². The van der Waals surface area contributed by atoms with E-state index in [-0.39, 0.29) is 5.91 Å². The van der Waals surface area contributed by atoms with E-state index in [0.717, 1.165) is 0 Å². The summed E-state index contributed by atoms with van der Waals surface area (Å²) < 4.78 is 0. The largest absolute Gasteiger partial charge is 0.399 e. The fourth-order valence-electron chi connectivity index (χ4n) is 1.87. The third-order valence-electron chi connectivity index (χ3n) is 2.66. The smallest absolute Gasteiger partial charge is 0.256 e. The molecule has 0 unspecified atom stereocenters. The molecule has 0 saturated carbocycles. The number of aliphatic hydroxyl groups is 1. The third kappa shape index (κ3) is 1.81. The minimum atomic E-state index is -0.766. The molecule has 1 amide bonds. The second kappa shape index (κ2) is 3.38. The van der Waals surface area contributed by atoms with Crippen LogP contribution in [0.4, 0.5) is 11.4 Å². The molecule has 1 fully saturated rings. The highest BCUT2D eigenvalue weighted by Crippen LogP contribution is 2.25. The van der Waals surface area contributed by atoms with Crippen LogP contribution in [0.5, 0.6) is 0 Å². The number of hydrogen-bond acceptors (Lipinski definition) is 4. The fourth-order valence-corrected chi connectivity index (χ4v) is 1.87. The van der Waals surface area contributed by atoms with Crippen molar-refractivity contribution in [1.29, 1.82) is 0 Å². The molecule has 5 N–H and O–H groups in total. The SMILES string of the molecule is CC1(O)CN(C(=O)c2ccc(N)cc2N)C1. The number of nitrogen functional groups attached to an aromatic ring is 2. The number of β-amino-alcohol motifs (C(OH)–C–C–N with tert-alkyl or cyclic N) is 1. The highest BCUT2D eigenvalue weighted by Gasteiger charge is 2.39. The normalized spacial score (nSPS) is 18.0.